The average molecular weight is 490 g/mol. The fourth-order valence-electron chi connectivity index (χ4n) is 2.91. The molecule has 1 amide bonds. The molecule has 1 atom stereocenters. The first-order chi connectivity index (χ1) is 12.1. The molecule has 2 N–H and O–H groups in total. The minimum Gasteiger partial charge on any atom is -0.356 e. The van der Waals surface area contributed by atoms with Crippen molar-refractivity contribution < 1.29 is 4.79 Å². The van der Waals surface area contributed by atoms with Gasteiger partial charge in [0, 0.05) is 49.8 Å². The van der Waals surface area contributed by atoms with E-state index in [9.17, 15) is 4.79 Å². The van der Waals surface area contributed by atoms with Crippen LogP contribution in [0.25, 0.3) is 0 Å². The zero-order valence-corrected chi connectivity index (χ0v) is 19.1. The maximum absolute atomic E-state index is 11.7. The highest BCUT2D eigenvalue weighted by molar-refractivity contribution is 14.0. The summed E-state index contributed by atoms with van der Waals surface area (Å²) in [6, 6.07) is 10.8. The molecule has 2 rings (SSSR count). The van der Waals surface area contributed by atoms with Gasteiger partial charge in [0.25, 0.3) is 0 Å². The maximum atomic E-state index is 11.7. The van der Waals surface area contributed by atoms with E-state index >= 15 is 0 Å². The summed E-state index contributed by atoms with van der Waals surface area (Å²) < 4.78 is 0. The van der Waals surface area contributed by atoms with Gasteiger partial charge < -0.3 is 15.5 Å². The van der Waals surface area contributed by atoms with E-state index in [-0.39, 0.29) is 35.9 Å². The molecule has 1 saturated heterocycles. The van der Waals surface area contributed by atoms with Gasteiger partial charge in [-0.25, -0.2) is 0 Å². The third kappa shape index (κ3) is 8.16. The lowest BCUT2D eigenvalue weighted by atomic mass is 10.2. The number of hydrogen-bond acceptors (Lipinski definition) is 3. The summed E-state index contributed by atoms with van der Waals surface area (Å²) >= 11 is 1.93. The monoisotopic (exact) mass is 490 g/mol. The highest BCUT2D eigenvalue weighted by atomic mass is 127. The van der Waals surface area contributed by atoms with Crippen LogP contribution in [0.4, 0.5) is 0 Å². The van der Waals surface area contributed by atoms with Crippen LogP contribution in [0.2, 0.25) is 0 Å². The van der Waals surface area contributed by atoms with Gasteiger partial charge in [0.15, 0.2) is 5.96 Å². The Balaban J connectivity index is 0.00000338. The van der Waals surface area contributed by atoms with Crippen molar-refractivity contribution in [1.82, 2.24) is 15.5 Å². The Labute approximate surface area is 178 Å². The van der Waals surface area contributed by atoms with E-state index in [2.05, 4.69) is 50.9 Å². The number of amides is 1. The number of hydrogen-bond donors (Lipinski definition) is 2. The molecule has 7 heteroatoms. The zero-order valence-electron chi connectivity index (χ0n) is 15.9. The minimum absolute atomic E-state index is 0. The number of benzene rings is 1. The number of likely N-dealkylation sites (tertiary alicyclic amines) is 1. The Kier molecular flexibility index (Phi) is 11.0. The van der Waals surface area contributed by atoms with Crippen LogP contribution in [0, 0.1) is 5.92 Å². The first-order valence-corrected chi connectivity index (χ1v) is 10.00. The number of carbonyl (C=O) groups excluding carboxylic acids is 1. The lowest BCUT2D eigenvalue weighted by Crippen LogP contribution is -2.42. The van der Waals surface area contributed by atoms with Crippen LogP contribution in [0.3, 0.4) is 0 Å². The summed E-state index contributed by atoms with van der Waals surface area (Å²) in [6.45, 7) is 6.62. The second kappa shape index (κ2) is 12.4. The third-order valence-electron chi connectivity index (χ3n) is 4.11. The fourth-order valence-corrected chi connectivity index (χ4v) is 3.96. The molecule has 1 heterocycles. The van der Waals surface area contributed by atoms with Gasteiger partial charge in [-0.15, -0.1) is 35.7 Å². The van der Waals surface area contributed by atoms with Crippen molar-refractivity contribution in [3.8, 4) is 0 Å². The molecule has 5 nitrogen and oxygen atoms in total. The molecule has 0 saturated carbocycles. The normalized spacial score (nSPS) is 17.2. The largest absolute Gasteiger partial charge is 0.356 e. The van der Waals surface area contributed by atoms with Crippen molar-refractivity contribution in [3.05, 3.63) is 30.3 Å². The minimum atomic E-state index is 0. The lowest BCUT2D eigenvalue weighted by Gasteiger charge is -2.21. The third-order valence-corrected chi connectivity index (χ3v) is 5.35. The van der Waals surface area contributed by atoms with E-state index in [1.54, 1.807) is 0 Å². The number of guanidine groups is 1. The van der Waals surface area contributed by atoms with Gasteiger partial charge in [0.05, 0.1) is 0 Å². The number of halogens is 1. The molecule has 1 unspecified atom stereocenters. The zero-order chi connectivity index (χ0) is 18.1. The van der Waals surface area contributed by atoms with Crippen LogP contribution in [0.5, 0.6) is 0 Å². The SMILES string of the molecule is CN=C(NCCC(=O)NC(C)C)N1CCC(CSc2ccccc2)C1.I. The molecule has 1 aliphatic rings. The molecule has 0 spiro atoms. The Morgan fingerprint density at radius 3 is 2.73 bits per heavy atom. The Hall–Kier alpha value is -0.960. The van der Waals surface area contributed by atoms with Crippen LogP contribution in [0.1, 0.15) is 26.7 Å². The quantitative estimate of drug-likeness (QED) is 0.267. The second-order valence-electron chi connectivity index (χ2n) is 6.67. The summed E-state index contributed by atoms with van der Waals surface area (Å²) in [7, 11) is 1.81. The van der Waals surface area contributed by atoms with Crippen molar-refractivity contribution in [2.45, 2.75) is 37.6 Å². The first kappa shape index (κ1) is 23.1. The van der Waals surface area contributed by atoms with Crippen molar-refractivity contribution in [3.63, 3.8) is 0 Å². The van der Waals surface area contributed by atoms with Gasteiger partial charge in [0.2, 0.25) is 5.91 Å². The van der Waals surface area contributed by atoms with E-state index in [0.29, 0.717) is 18.9 Å². The number of rotatable bonds is 7. The first-order valence-electron chi connectivity index (χ1n) is 9.01. The Morgan fingerprint density at radius 1 is 1.35 bits per heavy atom. The molecule has 1 aromatic carbocycles. The molecule has 0 aliphatic carbocycles. The van der Waals surface area contributed by atoms with E-state index in [0.717, 1.165) is 24.8 Å². The summed E-state index contributed by atoms with van der Waals surface area (Å²) in [4.78, 5) is 19.7. The summed E-state index contributed by atoms with van der Waals surface area (Å²) in [5.41, 5.74) is 0. The highest BCUT2D eigenvalue weighted by Crippen LogP contribution is 2.25. The van der Waals surface area contributed by atoms with Crippen LogP contribution in [0.15, 0.2) is 40.2 Å². The standard InChI is InChI=1S/C19H30N4OS.HI/c1-15(2)22-18(24)9-11-21-19(20-3)23-12-10-16(13-23)14-25-17-7-5-4-6-8-17;/h4-8,15-16H,9-14H2,1-3H3,(H,20,21)(H,22,24);1H. The predicted molar refractivity (Wildman–Crippen MR) is 122 cm³/mol. The number of aliphatic imine (C=N–C) groups is 1. The summed E-state index contributed by atoms with van der Waals surface area (Å²) in [5.74, 6) is 2.79. The van der Waals surface area contributed by atoms with Gasteiger partial charge in [-0.3, -0.25) is 9.79 Å². The average Bonchev–Trinajstić information content (AvgIpc) is 3.06. The fraction of sp³-hybridized carbons (Fsp3) is 0.579. The van der Waals surface area contributed by atoms with E-state index in [1.165, 1.54) is 11.3 Å². The van der Waals surface area contributed by atoms with Gasteiger partial charge in [-0.05, 0) is 38.3 Å². The predicted octanol–water partition coefficient (Wildman–Crippen LogP) is 3.21. The number of thioether (sulfide) groups is 1. The topological polar surface area (TPSA) is 56.7 Å². The van der Waals surface area contributed by atoms with Crippen molar-refractivity contribution in [2.24, 2.45) is 10.9 Å². The van der Waals surface area contributed by atoms with Crippen LogP contribution in [-0.2, 0) is 4.79 Å². The van der Waals surface area contributed by atoms with Gasteiger partial charge >= 0.3 is 0 Å². The molecule has 0 aromatic heterocycles. The molecule has 0 bridgehead atoms. The molecule has 0 radical (unpaired) electrons. The van der Waals surface area contributed by atoms with Gasteiger partial charge in [-0.1, -0.05) is 18.2 Å². The molecular weight excluding hydrogens is 459 g/mol. The van der Waals surface area contributed by atoms with E-state index < -0.39 is 0 Å². The molecule has 1 fully saturated rings. The summed E-state index contributed by atoms with van der Waals surface area (Å²) in [5, 5.41) is 6.23. The molecule has 1 aromatic rings. The molecule has 146 valence electrons. The van der Waals surface area contributed by atoms with Gasteiger partial charge in [-0.2, -0.15) is 0 Å². The van der Waals surface area contributed by atoms with Gasteiger partial charge in [0.1, 0.15) is 0 Å². The Bertz CT molecular complexity index is 568. The van der Waals surface area contributed by atoms with Crippen molar-refractivity contribution in [1.29, 1.82) is 0 Å². The molecular formula is C19H31IN4OS. The highest BCUT2D eigenvalue weighted by Gasteiger charge is 2.24. The van der Waals surface area contributed by atoms with Crippen LogP contribution >= 0.6 is 35.7 Å². The molecule has 26 heavy (non-hydrogen) atoms. The number of carbonyl (C=O) groups is 1. The Morgan fingerprint density at radius 2 is 2.08 bits per heavy atom. The van der Waals surface area contributed by atoms with Crippen molar-refractivity contribution >= 4 is 47.6 Å². The van der Waals surface area contributed by atoms with Crippen molar-refractivity contribution in [2.75, 3.05) is 32.4 Å². The second-order valence-corrected chi connectivity index (χ2v) is 7.76. The number of nitrogens with zero attached hydrogens (tertiary/aromatic N) is 2. The van der Waals surface area contributed by atoms with Crippen LogP contribution in [-0.4, -0.2) is 55.2 Å². The number of nitrogens with one attached hydrogen (secondary N) is 2. The summed E-state index contributed by atoms with van der Waals surface area (Å²) in [6.07, 6.45) is 1.66. The smallest absolute Gasteiger partial charge is 0.221 e. The maximum Gasteiger partial charge on any atom is 0.221 e. The lowest BCUT2D eigenvalue weighted by molar-refractivity contribution is -0.121. The molecule has 1 aliphatic heterocycles. The van der Waals surface area contributed by atoms with E-state index in [1.807, 2.05) is 32.7 Å². The van der Waals surface area contributed by atoms with Crippen LogP contribution < -0.4 is 10.6 Å². The van der Waals surface area contributed by atoms with E-state index in [4.69, 9.17) is 0 Å².